The molecule has 0 bridgehead atoms. The van der Waals surface area contributed by atoms with Crippen molar-refractivity contribution in [3.8, 4) is 5.75 Å². The quantitative estimate of drug-likeness (QED) is 0.805. The van der Waals surface area contributed by atoms with Gasteiger partial charge in [0.25, 0.3) is 5.91 Å². The van der Waals surface area contributed by atoms with Crippen LogP contribution in [0.15, 0.2) is 42.5 Å². The van der Waals surface area contributed by atoms with Crippen molar-refractivity contribution in [1.29, 1.82) is 0 Å². The lowest BCUT2D eigenvalue weighted by Crippen LogP contribution is -2.25. The van der Waals surface area contributed by atoms with Gasteiger partial charge in [0, 0.05) is 37.5 Å². The summed E-state index contributed by atoms with van der Waals surface area (Å²) in [5.41, 5.74) is 4.73. The SMILES string of the molecule is CCN1C(=O)/C(=C\c2ccc(N(C)C)cc2)c2cc(OC)ccc21. The van der Waals surface area contributed by atoms with Gasteiger partial charge in [0.1, 0.15) is 5.75 Å². The molecule has 0 atom stereocenters. The van der Waals surface area contributed by atoms with Crippen LogP contribution in [0.2, 0.25) is 0 Å². The van der Waals surface area contributed by atoms with Gasteiger partial charge in [-0.05, 0) is 48.9 Å². The van der Waals surface area contributed by atoms with Crippen LogP contribution in [0.25, 0.3) is 11.6 Å². The molecule has 4 heteroatoms. The van der Waals surface area contributed by atoms with Gasteiger partial charge in [-0.2, -0.15) is 0 Å². The summed E-state index contributed by atoms with van der Waals surface area (Å²) >= 11 is 0. The first kappa shape index (κ1) is 16.1. The van der Waals surface area contributed by atoms with E-state index in [4.69, 9.17) is 4.74 Å². The van der Waals surface area contributed by atoms with E-state index in [1.165, 1.54) is 0 Å². The van der Waals surface area contributed by atoms with Gasteiger partial charge in [-0.15, -0.1) is 0 Å². The Kier molecular flexibility index (Phi) is 4.30. The summed E-state index contributed by atoms with van der Waals surface area (Å²) in [7, 11) is 5.66. The summed E-state index contributed by atoms with van der Waals surface area (Å²) in [6, 6.07) is 13.9. The number of anilines is 2. The molecule has 0 aromatic heterocycles. The second kappa shape index (κ2) is 6.40. The Labute approximate surface area is 143 Å². The summed E-state index contributed by atoms with van der Waals surface area (Å²) in [5.74, 6) is 0.797. The van der Waals surface area contributed by atoms with Crippen LogP contribution < -0.4 is 14.5 Å². The first-order valence-corrected chi connectivity index (χ1v) is 8.04. The molecular formula is C20H22N2O2. The number of carbonyl (C=O) groups excluding carboxylic acids is 1. The molecule has 0 fully saturated rings. The van der Waals surface area contributed by atoms with E-state index in [1.807, 2.05) is 57.4 Å². The lowest BCUT2D eigenvalue weighted by Gasteiger charge is -2.14. The van der Waals surface area contributed by atoms with E-state index in [1.54, 1.807) is 12.0 Å². The van der Waals surface area contributed by atoms with E-state index in [-0.39, 0.29) is 5.91 Å². The molecule has 124 valence electrons. The smallest absolute Gasteiger partial charge is 0.258 e. The zero-order chi connectivity index (χ0) is 17.3. The van der Waals surface area contributed by atoms with E-state index in [0.717, 1.165) is 28.3 Å². The van der Waals surface area contributed by atoms with Gasteiger partial charge in [-0.1, -0.05) is 12.1 Å². The van der Waals surface area contributed by atoms with Crippen molar-refractivity contribution in [2.45, 2.75) is 6.92 Å². The molecule has 0 aliphatic carbocycles. The van der Waals surface area contributed by atoms with Crippen molar-refractivity contribution in [2.24, 2.45) is 0 Å². The second-order valence-corrected chi connectivity index (χ2v) is 5.98. The summed E-state index contributed by atoms with van der Waals surface area (Å²) < 4.78 is 5.32. The molecule has 1 heterocycles. The summed E-state index contributed by atoms with van der Waals surface area (Å²) in [5, 5.41) is 0. The van der Waals surface area contributed by atoms with Crippen LogP contribution in [0.4, 0.5) is 11.4 Å². The molecule has 4 nitrogen and oxygen atoms in total. The first-order valence-electron chi connectivity index (χ1n) is 8.04. The van der Waals surface area contributed by atoms with Gasteiger partial charge in [0.2, 0.25) is 0 Å². The molecule has 1 aliphatic rings. The van der Waals surface area contributed by atoms with Crippen molar-refractivity contribution in [3.05, 3.63) is 53.6 Å². The van der Waals surface area contributed by atoms with Crippen molar-refractivity contribution in [2.75, 3.05) is 37.5 Å². The van der Waals surface area contributed by atoms with Crippen LogP contribution in [0.3, 0.4) is 0 Å². The monoisotopic (exact) mass is 322 g/mol. The molecule has 2 aromatic rings. The minimum atomic E-state index is 0.0393. The van der Waals surface area contributed by atoms with Gasteiger partial charge in [-0.3, -0.25) is 4.79 Å². The number of likely N-dealkylation sites (N-methyl/N-ethyl adjacent to an activating group) is 1. The second-order valence-electron chi connectivity index (χ2n) is 5.98. The topological polar surface area (TPSA) is 32.8 Å². The first-order chi connectivity index (χ1) is 11.5. The highest BCUT2D eigenvalue weighted by Crippen LogP contribution is 2.39. The maximum absolute atomic E-state index is 12.8. The maximum atomic E-state index is 12.8. The number of fused-ring (bicyclic) bond motifs is 1. The number of amides is 1. The lowest BCUT2D eigenvalue weighted by atomic mass is 10.0. The number of nitrogens with zero attached hydrogens (tertiary/aromatic N) is 2. The highest BCUT2D eigenvalue weighted by molar-refractivity contribution is 6.35. The standard InChI is InChI=1S/C20H22N2O2/c1-5-22-19-11-10-16(24-4)13-17(19)18(20(22)23)12-14-6-8-15(9-7-14)21(2)3/h6-13H,5H2,1-4H3/b18-12-. The molecular weight excluding hydrogens is 300 g/mol. The highest BCUT2D eigenvalue weighted by Gasteiger charge is 2.31. The average Bonchev–Trinajstić information content (AvgIpc) is 2.86. The zero-order valence-corrected chi connectivity index (χ0v) is 14.5. The van der Waals surface area contributed by atoms with Crippen molar-refractivity contribution >= 4 is 28.9 Å². The Bertz CT molecular complexity index is 792. The van der Waals surface area contributed by atoms with Crippen LogP contribution in [0, 0.1) is 0 Å². The van der Waals surface area contributed by atoms with E-state index >= 15 is 0 Å². The Hall–Kier alpha value is -2.75. The third-order valence-electron chi connectivity index (χ3n) is 4.30. The lowest BCUT2D eigenvalue weighted by molar-refractivity contribution is -0.112. The Morgan fingerprint density at radius 3 is 2.42 bits per heavy atom. The Morgan fingerprint density at radius 2 is 1.83 bits per heavy atom. The number of hydrogen-bond acceptors (Lipinski definition) is 3. The molecule has 24 heavy (non-hydrogen) atoms. The Morgan fingerprint density at radius 1 is 1.12 bits per heavy atom. The largest absolute Gasteiger partial charge is 0.497 e. The van der Waals surface area contributed by atoms with Gasteiger partial charge >= 0.3 is 0 Å². The fourth-order valence-electron chi connectivity index (χ4n) is 2.95. The third-order valence-corrected chi connectivity index (χ3v) is 4.30. The zero-order valence-electron chi connectivity index (χ0n) is 14.5. The molecule has 1 amide bonds. The van der Waals surface area contributed by atoms with Gasteiger partial charge < -0.3 is 14.5 Å². The predicted molar refractivity (Wildman–Crippen MR) is 99.7 cm³/mol. The minimum absolute atomic E-state index is 0.0393. The number of methoxy groups -OCH3 is 1. The van der Waals surface area contributed by atoms with Crippen LogP contribution >= 0.6 is 0 Å². The number of rotatable bonds is 4. The normalized spacial score (nSPS) is 14.9. The third kappa shape index (κ3) is 2.75. The molecule has 3 rings (SSSR count). The van der Waals surface area contributed by atoms with Crippen LogP contribution in [-0.2, 0) is 4.79 Å². The molecule has 2 aromatic carbocycles. The average molecular weight is 322 g/mol. The van der Waals surface area contributed by atoms with E-state index < -0.39 is 0 Å². The molecule has 0 unspecified atom stereocenters. The van der Waals surface area contributed by atoms with Crippen LogP contribution in [0.1, 0.15) is 18.1 Å². The molecule has 1 aliphatic heterocycles. The molecule has 0 spiro atoms. The van der Waals surface area contributed by atoms with Gasteiger partial charge in [-0.25, -0.2) is 0 Å². The summed E-state index contributed by atoms with van der Waals surface area (Å²) in [4.78, 5) is 16.6. The minimum Gasteiger partial charge on any atom is -0.497 e. The highest BCUT2D eigenvalue weighted by atomic mass is 16.5. The van der Waals surface area contributed by atoms with Crippen molar-refractivity contribution in [1.82, 2.24) is 0 Å². The summed E-state index contributed by atoms with van der Waals surface area (Å²) in [6.45, 7) is 2.63. The summed E-state index contributed by atoms with van der Waals surface area (Å²) in [6.07, 6.45) is 1.95. The van der Waals surface area contributed by atoms with Crippen molar-refractivity contribution < 1.29 is 9.53 Å². The number of hydrogen-bond donors (Lipinski definition) is 0. The predicted octanol–water partition coefficient (Wildman–Crippen LogP) is 3.67. The maximum Gasteiger partial charge on any atom is 0.258 e. The molecule has 0 saturated heterocycles. The van der Waals surface area contributed by atoms with E-state index in [0.29, 0.717) is 12.1 Å². The van der Waals surface area contributed by atoms with Gasteiger partial charge in [0.15, 0.2) is 0 Å². The molecule has 0 N–H and O–H groups in total. The fourth-order valence-corrected chi connectivity index (χ4v) is 2.95. The molecule has 0 radical (unpaired) electrons. The van der Waals surface area contributed by atoms with E-state index in [2.05, 4.69) is 17.0 Å². The number of ether oxygens (including phenoxy) is 1. The van der Waals surface area contributed by atoms with Crippen LogP contribution in [0.5, 0.6) is 5.75 Å². The fraction of sp³-hybridized carbons (Fsp3) is 0.250. The number of benzene rings is 2. The van der Waals surface area contributed by atoms with E-state index in [9.17, 15) is 4.79 Å². The van der Waals surface area contributed by atoms with Crippen molar-refractivity contribution in [3.63, 3.8) is 0 Å². The number of carbonyl (C=O) groups is 1. The van der Waals surface area contributed by atoms with Crippen LogP contribution in [-0.4, -0.2) is 33.7 Å². The Balaban J connectivity index is 2.05. The van der Waals surface area contributed by atoms with Gasteiger partial charge in [0.05, 0.1) is 12.8 Å². The molecule has 0 saturated carbocycles.